The minimum absolute atomic E-state index is 0.144. The van der Waals surface area contributed by atoms with E-state index in [1.54, 1.807) is 12.1 Å². The van der Waals surface area contributed by atoms with Crippen LogP contribution in [0.1, 0.15) is 19.8 Å². The van der Waals surface area contributed by atoms with E-state index in [-0.39, 0.29) is 11.5 Å². The van der Waals surface area contributed by atoms with Gasteiger partial charge in [-0.2, -0.15) is 0 Å². The summed E-state index contributed by atoms with van der Waals surface area (Å²) in [7, 11) is -0.486. The number of nitrogens with one attached hydrogen (secondary N) is 1. The average molecular weight is 315 g/mol. The number of sulfonamides is 1. The van der Waals surface area contributed by atoms with Gasteiger partial charge in [0.1, 0.15) is 0 Å². The van der Waals surface area contributed by atoms with Gasteiger partial charge in [-0.1, -0.05) is 13.3 Å². The first-order valence-electron chi connectivity index (χ1n) is 6.99. The van der Waals surface area contributed by atoms with E-state index in [4.69, 9.17) is 10.8 Å². The van der Waals surface area contributed by atoms with Crippen molar-refractivity contribution in [1.82, 2.24) is 4.31 Å². The first-order valence-corrected chi connectivity index (χ1v) is 8.43. The van der Waals surface area contributed by atoms with E-state index >= 15 is 0 Å². The molecule has 6 nitrogen and oxygen atoms in total. The molecule has 0 aliphatic rings. The Hall–Kier alpha value is -1.31. The zero-order chi connectivity index (χ0) is 16.0. The molecule has 1 aromatic rings. The highest BCUT2D eigenvalue weighted by atomic mass is 32.2. The first-order chi connectivity index (χ1) is 9.82. The smallest absolute Gasteiger partial charge is 0.242 e. The Bertz CT molecular complexity index is 559. The van der Waals surface area contributed by atoms with E-state index in [9.17, 15) is 8.42 Å². The molecule has 0 bridgehead atoms. The molecule has 0 aromatic heterocycles. The quantitative estimate of drug-likeness (QED) is 0.629. The lowest BCUT2D eigenvalue weighted by atomic mass is 10.0. The molecule has 7 heteroatoms. The predicted octanol–water partition coefficient (Wildman–Crippen LogP) is 1.34. The van der Waals surface area contributed by atoms with Crippen LogP contribution in [0.4, 0.5) is 11.4 Å². The third-order valence-corrected chi connectivity index (χ3v) is 5.31. The lowest BCUT2D eigenvalue weighted by molar-refractivity contribution is 0.258. The van der Waals surface area contributed by atoms with Crippen molar-refractivity contribution < 1.29 is 13.5 Å². The van der Waals surface area contributed by atoms with E-state index in [0.29, 0.717) is 30.3 Å². The molecular formula is C14H25N3O3S. The maximum atomic E-state index is 12.1. The molecule has 4 N–H and O–H groups in total. The molecule has 120 valence electrons. The summed E-state index contributed by atoms with van der Waals surface area (Å²) in [6, 6.07) is 4.64. The largest absolute Gasteiger partial charge is 0.397 e. The van der Waals surface area contributed by atoms with Crippen LogP contribution in [0.3, 0.4) is 0 Å². The van der Waals surface area contributed by atoms with Gasteiger partial charge >= 0.3 is 0 Å². The Morgan fingerprint density at radius 2 is 2.05 bits per heavy atom. The third kappa shape index (κ3) is 4.59. The summed E-state index contributed by atoms with van der Waals surface area (Å²) in [4.78, 5) is 0.208. The van der Waals surface area contributed by atoms with Crippen LogP contribution in [0.25, 0.3) is 0 Å². The van der Waals surface area contributed by atoms with Crippen molar-refractivity contribution in [2.75, 3.05) is 38.3 Å². The van der Waals surface area contributed by atoms with Crippen molar-refractivity contribution in [2.24, 2.45) is 5.92 Å². The number of nitrogens with zero attached hydrogens (tertiary/aromatic N) is 1. The van der Waals surface area contributed by atoms with Crippen molar-refractivity contribution in [3.8, 4) is 0 Å². The van der Waals surface area contributed by atoms with Crippen molar-refractivity contribution in [1.29, 1.82) is 0 Å². The first kappa shape index (κ1) is 17.7. The maximum absolute atomic E-state index is 12.1. The molecule has 0 heterocycles. The van der Waals surface area contributed by atoms with Crippen molar-refractivity contribution in [3.63, 3.8) is 0 Å². The molecule has 1 unspecified atom stereocenters. The van der Waals surface area contributed by atoms with Crippen molar-refractivity contribution in [3.05, 3.63) is 18.2 Å². The number of anilines is 2. The van der Waals surface area contributed by atoms with Gasteiger partial charge in [-0.05, 0) is 30.5 Å². The number of nitrogens with two attached hydrogens (primary N) is 1. The van der Waals surface area contributed by atoms with Crippen LogP contribution in [-0.4, -0.2) is 45.1 Å². The monoisotopic (exact) mass is 315 g/mol. The number of hydrogen-bond acceptors (Lipinski definition) is 5. The highest BCUT2D eigenvalue weighted by Gasteiger charge is 2.18. The van der Waals surface area contributed by atoms with E-state index in [1.165, 1.54) is 24.5 Å². The summed E-state index contributed by atoms with van der Waals surface area (Å²) < 4.78 is 25.4. The predicted molar refractivity (Wildman–Crippen MR) is 85.7 cm³/mol. The van der Waals surface area contributed by atoms with Gasteiger partial charge < -0.3 is 16.2 Å². The molecule has 1 atom stereocenters. The van der Waals surface area contributed by atoms with Crippen LogP contribution >= 0.6 is 0 Å². The van der Waals surface area contributed by atoms with Crippen molar-refractivity contribution in [2.45, 2.75) is 24.7 Å². The lowest BCUT2D eigenvalue weighted by Gasteiger charge is -2.18. The average Bonchev–Trinajstić information content (AvgIpc) is 2.44. The molecule has 0 saturated heterocycles. The normalized spacial score (nSPS) is 13.4. The SMILES string of the molecule is CCC(CCO)CNc1cc(S(=O)(=O)N(C)C)ccc1N. The highest BCUT2D eigenvalue weighted by Crippen LogP contribution is 2.25. The maximum Gasteiger partial charge on any atom is 0.242 e. The van der Waals surface area contributed by atoms with E-state index in [1.807, 2.05) is 0 Å². The summed E-state index contributed by atoms with van der Waals surface area (Å²) in [5, 5.41) is 12.2. The topological polar surface area (TPSA) is 95.7 Å². The number of aliphatic hydroxyl groups is 1. The van der Waals surface area contributed by atoms with Crippen LogP contribution in [0.5, 0.6) is 0 Å². The minimum Gasteiger partial charge on any atom is -0.397 e. The highest BCUT2D eigenvalue weighted by molar-refractivity contribution is 7.89. The molecule has 0 saturated carbocycles. The van der Waals surface area contributed by atoms with E-state index in [2.05, 4.69) is 12.2 Å². The second kappa shape index (κ2) is 7.63. The van der Waals surface area contributed by atoms with E-state index < -0.39 is 10.0 Å². The Balaban J connectivity index is 2.93. The standard InChI is InChI=1S/C14H25N3O3S/c1-4-11(7-8-18)10-16-14-9-12(5-6-13(14)15)21(19,20)17(2)3/h5-6,9,11,16,18H,4,7-8,10,15H2,1-3H3. The summed E-state index contributed by atoms with van der Waals surface area (Å²) in [6.07, 6.45) is 1.64. The summed E-state index contributed by atoms with van der Waals surface area (Å²) >= 11 is 0. The van der Waals surface area contributed by atoms with Gasteiger partial charge in [0, 0.05) is 27.2 Å². The minimum atomic E-state index is -3.47. The van der Waals surface area contributed by atoms with Gasteiger partial charge in [0.05, 0.1) is 16.3 Å². The molecular weight excluding hydrogens is 290 g/mol. The number of benzene rings is 1. The van der Waals surface area contributed by atoms with Gasteiger partial charge in [-0.25, -0.2) is 12.7 Å². The third-order valence-electron chi connectivity index (χ3n) is 3.50. The second-order valence-corrected chi connectivity index (χ2v) is 7.36. The molecule has 1 aromatic carbocycles. The molecule has 1 rings (SSSR count). The van der Waals surface area contributed by atoms with Gasteiger partial charge in [0.25, 0.3) is 0 Å². The molecule has 0 aliphatic carbocycles. The molecule has 0 fully saturated rings. The van der Waals surface area contributed by atoms with Crippen LogP contribution in [0.2, 0.25) is 0 Å². The Kier molecular flexibility index (Phi) is 6.44. The lowest BCUT2D eigenvalue weighted by Crippen LogP contribution is -2.22. The fourth-order valence-corrected chi connectivity index (χ4v) is 2.88. The number of nitrogen functional groups attached to an aromatic ring is 1. The van der Waals surface area contributed by atoms with Gasteiger partial charge in [0.2, 0.25) is 10.0 Å². The van der Waals surface area contributed by atoms with Crippen LogP contribution in [0, 0.1) is 5.92 Å². The van der Waals surface area contributed by atoms with Crippen molar-refractivity contribution >= 4 is 21.4 Å². The Morgan fingerprint density at radius 1 is 1.38 bits per heavy atom. The molecule has 21 heavy (non-hydrogen) atoms. The molecule has 0 aliphatic heterocycles. The zero-order valence-corrected chi connectivity index (χ0v) is 13.7. The van der Waals surface area contributed by atoms with Crippen LogP contribution < -0.4 is 11.1 Å². The van der Waals surface area contributed by atoms with Gasteiger partial charge in [-0.15, -0.1) is 0 Å². The van der Waals surface area contributed by atoms with Gasteiger partial charge in [0.15, 0.2) is 0 Å². The number of aliphatic hydroxyl groups excluding tert-OH is 1. The second-order valence-electron chi connectivity index (χ2n) is 5.20. The van der Waals surface area contributed by atoms with Crippen LogP contribution in [-0.2, 0) is 10.0 Å². The molecule has 0 amide bonds. The number of rotatable bonds is 8. The fraction of sp³-hybridized carbons (Fsp3) is 0.571. The summed E-state index contributed by atoms with van der Waals surface area (Å²) in [6.45, 7) is 2.84. The van der Waals surface area contributed by atoms with Crippen LogP contribution in [0.15, 0.2) is 23.1 Å². The fourth-order valence-electron chi connectivity index (χ4n) is 1.95. The summed E-state index contributed by atoms with van der Waals surface area (Å²) in [5.74, 6) is 0.323. The molecule has 0 spiro atoms. The zero-order valence-electron chi connectivity index (χ0n) is 12.8. The Labute approximate surface area is 127 Å². The Morgan fingerprint density at radius 3 is 2.57 bits per heavy atom. The number of hydrogen-bond donors (Lipinski definition) is 3. The van der Waals surface area contributed by atoms with Gasteiger partial charge in [-0.3, -0.25) is 0 Å². The molecule has 0 radical (unpaired) electrons. The van der Waals surface area contributed by atoms with E-state index in [0.717, 1.165) is 6.42 Å². The summed E-state index contributed by atoms with van der Waals surface area (Å²) in [5.41, 5.74) is 7.00.